The topological polar surface area (TPSA) is 60.2 Å². The van der Waals surface area contributed by atoms with Gasteiger partial charge in [-0.25, -0.2) is 4.39 Å². The second-order valence-corrected chi connectivity index (χ2v) is 8.11. The van der Waals surface area contributed by atoms with Crippen LogP contribution in [-0.2, 0) is 9.53 Å². The van der Waals surface area contributed by atoms with Gasteiger partial charge in [0.1, 0.15) is 11.4 Å². The first-order chi connectivity index (χ1) is 12.1. The lowest BCUT2D eigenvalue weighted by molar-refractivity contribution is -0.151. The van der Waals surface area contributed by atoms with Gasteiger partial charge in [0.15, 0.2) is 11.0 Å². The van der Waals surface area contributed by atoms with Gasteiger partial charge < -0.3 is 4.74 Å². The molecule has 1 aromatic carbocycles. The zero-order chi connectivity index (χ0) is 19.5. The zero-order valence-electron chi connectivity index (χ0n) is 16.0. The summed E-state index contributed by atoms with van der Waals surface area (Å²) < 4.78 is 20.5. The number of carbonyl (C=O) groups is 1. The maximum Gasteiger partial charge on any atom is 0.316 e. The molecule has 8 heteroatoms. The molecule has 0 aliphatic heterocycles. The van der Waals surface area contributed by atoms with Crippen molar-refractivity contribution in [2.45, 2.75) is 44.5 Å². The summed E-state index contributed by atoms with van der Waals surface area (Å²) in [6.45, 7) is 7.49. The molecule has 1 aromatic heterocycles. The Hall–Kier alpha value is -1.93. The van der Waals surface area contributed by atoms with Gasteiger partial charge >= 0.3 is 5.97 Å². The molecule has 0 amide bonds. The molecule has 1 atom stereocenters. The van der Waals surface area contributed by atoms with Crippen molar-refractivity contribution in [3.05, 3.63) is 35.9 Å². The Morgan fingerprint density at radius 2 is 1.88 bits per heavy atom. The van der Waals surface area contributed by atoms with Gasteiger partial charge in [0.05, 0.1) is 11.8 Å². The SMILES string of the molecule is C[C@@H](c1nnc(SCC(=O)OC(C)(C)C)n1-c1ccc(F)cc1)N(C)C. The van der Waals surface area contributed by atoms with Gasteiger partial charge in [-0.2, -0.15) is 0 Å². The molecule has 0 spiro atoms. The minimum absolute atomic E-state index is 0.0107. The Morgan fingerprint density at radius 1 is 1.27 bits per heavy atom. The summed E-state index contributed by atoms with van der Waals surface area (Å²) in [6.07, 6.45) is 0. The monoisotopic (exact) mass is 380 g/mol. The van der Waals surface area contributed by atoms with E-state index in [2.05, 4.69) is 10.2 Å². The van der Waals surface area contributed by atoms with E-state index in [4.69, 9.17) is 4.74 Å². The fourth-order valence-corrected chi connectivity index (χ4v) is 2.94. The van der Waals surface area contributed by atoms with Gasteiger partial charge in [0.25, 0.3) is 0 Å². The first kappa shape index (κ1) is 20.4. The van der Waals surface area contributed by atoms with Crippen LogP contribution >= 0.6 is 11.8 Å². The number of benzene rings is 1. The summed E-state index contributed by atoms with van der Waals surface area (Å²) in [6, 6.07) is 6.11. The molecule has 142 valence electrons. The molecule has 2 rings (SSSR count). The molecule has 0 bridgehead atoms. The Balaban J connectivity index is 2.31. The first-order valence-electron chi connectivity index (χ1n) is 8.31. The third kappa shape index (κ3) is 5.28. The first-order valence-corrected chi connectivity index (χ1v) is 9.29. The average molecular weight is 380 g/mol. The van der Waals surface area contributed by atoms with Crippen molar-refractivity contribution in [3.63, 3.8) is 0 Å². The molecule has 0 saturated heterocycles. The normalized spacial score (nSPS) is 13.1. The van der Waals surface area contributed by atoms with E-state index >= 15 is 0 Å². The third-order valence-corrected chi connectivity index (χ3v) is 4.53. The van der Waals surface area contributed by atoms with Crippen LogP contribution in [0.1, 0.15) is 39.6 Å². The van der Waals surface area contributed by atoms with Crippen molar-refractivity contribution in [2.75, 3.05) is 19.8 Å². The third-order valence-electron chi connectivity index (χ3n) is 3.63. The molecule has 0 aliphatic carbocycles. The van der Waals surface area contributed by atoms with E-state index in [1.807, 2.05) is 51.3 Å². The Bertz CT molecular complexity index is 754. The Labute approximate surface area is 157 Å². The fourth-order valence-electron chi connectivity index (χ4n) is 2.20. The molecule has 0 fully saturated rings. The lowest BCUT2D eigenvalue weighted by Crippen LogP contribution is -2.25. The van der Waals surface area contributed by atoms with Gasteiger partial charge in [-0.3, -0.25) is 14.3 Å². The Morgan fingerprint density at radius 3 is 2.42 bits per heavy atom. The molecule has 0 unspecified atom stereocenters. The highest BCUT2D eigenvalue weighted by atomic mass is 32.2. The van der Waals surface area contributed by atoms with Crippen molar-refractivity contribution < 1.29 is 13.9 Å². The van der Waals surface area contributed by atoms with Crippen molar-refractivity contribution in [1.82, 2.24) is 19.7 Å². The number of aromatic nitrogens is 3. The number of esters is 1. The highest BCUT2D eigenvalue weighted by Crippen LogP contribution is 2.27. The summed E-state index contributed by atoms with van der Waals surface area (Å²) in [7, 11) is 3.89. The van der Waals surface area contributed by atoms with Gasteiger partial charge in [-0.1, -0.05) is 11.8 Å². The molecular weight excluding hydrogens is 355 g/mol. The van der Waals surface area contributed by atoms with Crippen molar-refractivity contribution in [2.24, 2.45) is 0 Å². The van der Waals surface area contributed by atoms with Gasteiger partial charge in [-0.05, 0) is 66.1 Å². The highest BCUT2D eigenvalue weighted by molar-refractivity contribution is 7.99. The summed E-state index contributed by atoms with van der Waals surface area (Å²) in [4.78, 5) is 14.0. The van der Waals surface area contributed by atoms with Crippen LogP contribution in [0.25, 0.3) is 5.69 Å². The van der Waals surface area contributed by atoms with E-state index in [1.165, 1.54) is 23.9 Å². The number of hydrogen-bond donors (Lipinski definition) is 0. The van der Waals surface area contributed by atoms with Crippen LogP contribution in [0.15, 0.2) is 29.4 Å². The number of carbonyl (C=O) groups excluding carboxylic acids is 1. The molecule has 1 heterocycles. The van der Waals surface area contributed by atoms with E-state index in [-0.39, 0.29) is 23.6 Å². The maximum atomic E-state index is 13.3. The summed E-state index contributed by atoms with van der Waals surface area (Å²) in [5, 5.41) is 9.09. The van der Waals surface area contributed by atoms with Crippen LogP contribution in [0.3, 0.4) is 0 Å². The molecule has 0 N–H and O–H groups in total. The van der Waals surface area contributed by atoms with Gasteiger partial charge in [0, 0.05) is 5.69 Å². The standard InChI is InChI=1S/C18H25FN4O2S/c1-12(22(5)6)16-20-21-17(26-11-15(24)25-18(2,3)4)23(16)14-9-7-13(19)8-10-14/h7-10,12H,11H2,1-6H3/t12-/m0/s1. The molecule has 0 saturated carbocycles. The van der Waals surface area contributed by atoms with Crippen molar-refractivity contribution >= 4 is 17.7 Å². The number of halogens is 1. The van der Waals surface area contributed by atoms with Crippen LogP contribution in [0.4, 0.5) is 4.39 Å². The van der Waals surface area contributed by atoms with Crippen LogP contribution in [-0.4, -0.2) is 51.1 Å². The van der Waals surface area contributed by atoms with Crippen LogP contribution < -0.4 is 0 Å². The van der Waals surface area contributed by atoms with Crippen molar-refractivity contribution in [1.29, 1.82) is 0 Å². The molecule has 0 radical (unpaired) electrons. The van der Waals surface area contributed by atoms with Crippen LogP contribution in [0.5, 0.6) is 0 Å². The predicted molar refractivity (Wildman–Crippen MR) is 100.0 cm³/mol. The van der Waals surface area contributed by atoms with E-state index in [0.29, 0.717) is 11.0 Å². The smallest absolute Gasteiger partial charge is 0.316 e. The summed E-state index contributed by atoms with van der Waals surface area (Å²) in [5.74, 6) is 0.200. The largest absolute Gasteiger partial charge is 0.459 e. The zero-order valence-corrected chi connectivity index (χ0v) is 16.8. The maximum absolute atomic E-state index is 13.3. The molecule has 26 heavy (non-hydrogen) atoms. The van der Waals surface area contributed by atoms with Gasteiger partial charge in [0.2, 0.25) is 0 Å². The van der Waals surface area contributed by atoms with Crippen LogP contribution in [0.2, 0.25) is 0 Å². The number of ether oxygens (including phenoxy) is 1. The second-order valence-electron chi connectivity index (χ2n) is 7.17. The van der Waals surface area contributed by atoms with Crippen LogP contribution in [0, 0.1) is 5.82 Å². The lowest BCUT2D eigenvalue weighted by Gasteiger charge is -2.21. The fraction of sp³-hybridized carbons (Fsp3) is 0.500. The van der Waals surface area contributed by atoms with E-state index < -0.39 is 5.60 Å². The molecule has 2 aromatic rings. The predicted octanol–water partition coefficient (Wildman–Crippen LogP) is 3.46. The van der Waals surface area contributed by atoms with E-state index in [9.17, 15) is 9.18 Å². The van der Waals surface area contributed by atoms with Gasteiger partial charge in [-0.15, -0.1) is 10.2 Å². The minimum atomic E-state index is -0.535. The van der Waals surface area contributed by atoms with E-state index in [0.717, 1.165) is 5.69 Å². The highest BCUT2D eigenvalue weighted by Gasteiger charge is 2.23. The molecule has 0 aliphatic rings. The average Bonchev–Trinajstić information content (AvgIpc) is 2.95. The second kappa shape index (κ2) is 8.18. The summed E-state index contributed by atoms with van der Waals surface area (Å²) in [5.41, 5.74) is 0.208. The number of nitrogens with zero attached hydrogens (tertiary/aromatic N) is 4. The molecule has 6 nitrogen and oxygen atoms in total. The quantitative estimate of drug-likeness (QED) is 0.565. The Kier molecular flexibility index (Phi) is 6.41. The lowest BCUT2D eigenvalue weighted by atomic mass is 10.2. The number of hydrogen-bond acceptors (Lipinski definition) is 6. The summed E-state index contributed by atoms with van der Waals surface area (Å²) >= 11 is 1.25. The molecular formula is C18H25FN4O2S. The van der Waals surface area contributed by atoms with E-state index in [1.54, 1.807) is 12.1 Å². The number of thioether (sulfide) groups is 1. The minimum Gasteiger partial charge on any atom is -0.459 e. The number of rotatable bonds is 6. The van der Waals surface area contributed by atoms with Crippen molar-refractivity contribution in [3.8, 4) is 5.69 Å².